The van der Waals surface area contributed by atoms with Crippen molar-refractivity contribution < 1.29 is 5.11 Å². The molecule has 0 aromatic heterocycles. The summed E-state index contributed by atoms with van der Waals surface area (Å²) >= 11 is 0. The molecule has 3 nitrogen and oxygen atoms in total. The Kier molecular flexibility index (Phi) is 5.14. The molecule has 2 aliphatic heterocycles. The molecule has 116 valence electrons. The van der Waals surface area contributed by atoms with Crippen LogP contribution in [0.3, 0.4) is 0 Å². The minimum Gasteiger partial charge on any atom is -0.378 e. The molecule has 2 fully saturated rings. The van der Waals surface area contributed by atoms with E-state index in [1.807, 2.05) is 0 Å². The van der Waals surface area contributed by atoms with Crippen LogP contribution < -0.4 is 0 Å². The second-order valence-corrected chi connectivity index (χ2v) is 7.44. The number of hydrogen-bond donors (Lipinski definition) is 1. The molecule has 2 heterocycles. The van der Waals surface area contributed by atoms with E-state index in [4.69, 9.17) is 0 Å². The van der Waals surface area contributed by atoms with Gasteiger partial charge in [0.1, 0.15) is 6.23 Å². The highest BCUT2D eigenvalue weighted by Gasteiger charge is 2.38. The molecule has 2 saturated heterocycles. The van der Waals surface area contributed by atoms with E-state index in [0.717, 1.165) is 13.1 Å². The normalized spacial score (nSPS) is 25.0. The van der Waals surface area contributed by atoms with Crippen molar-refractivity contribution in [2.45, 2.75) is 59.6 Å². The van der Waals surface area contributed by atoms with Crippen LogP contribution in [0.5, 0.6) is 0 Å². The van der Waals surface area contributed by atoms with Crippen molar-refractivity contribution in [2.24, 2.45) is 11.3 Å². The first-order valence-electron chi connectivity index (χ1n) is 8.23. The lowest BCUT2D eigenvalue weighted by atomic mass is 9.71. The lowest BCUT2D eigenvalue weighted by molar-refractivity contribution is -0.0682. The Labute approximate surface area is 124 Å². The number of hydrogen-bond acceptors (Lipinski definition) is 3. The maximum absolute atomic E-state index is 10.2. The van der Waals surface area contributed by atoms with Crippen molar-refractivity contribution in [2.75, 3.05) is 26.2 Å². The third kappa shape index (κ3) is 3.76. The van der Waals surface area contributed by atoms with Crippen LogP contribution in [0.1, 0.15) is 53.4 Å². The van der Waals surface area contributed by atoms with Gasteiger partial charge in [-0.1, -0.05) is 19.4 Å². The van der Waals surface area contributed by atoms with Gasteiger partial charge < -0.3 is 10.0 Å². The summed E-state index contributed by atoms with van der Waals surface area (Å²) in [6, 6.07) is 0. The van der Waals surface area contributed by atoms with E-state index < -0.39 is 0 Å². The van der Waals surface area contributed by atoms with E-state index in [1.54, 1.807) is 0 Å². The van der Waals surface area contributed by atoms with Gasteiger partial charge in [-0.25, -0.2) is 0 Å². The Morgan fingerprint density at radius 2 is 1.50 bits per heavy atom. The molecule has 0 saturated carbocycles. The molecule has 2 rings (SSSR count). The van der Waals surface area contributed by atoms with Crippen LogP contribution in [0.15, 0.2) is 11.8 Å². The monoisotopic (exact) mass is 280 g/mol. The van der Waals surface area contributed by atoms with Crippen molar-refractivity contribution in [1.29, 1.82) is 0 Å². The van der Waals surface area contributed by atoms with E-state index in [2.05, 4.69) is 43.7 Å². The molecule has 20 heavy (non-hydrogen) atoms. The lowest BCUT2D eigenvalue weighted by Crippen LogP contribution is -2.49. The average molecular weight is 280 g/mol. The molecule has 1 atom stereocenters. The van der Waals surface area contributed by atoms with Gasteiger partial charge >= 0.3 is 0 Å². The SMILES string of the molecule is CC(C)=CN1CCC2(CC1)CCN(C(O)C(C)C)CC2. The van der Waals surface area contributed by atoms with Gasteiger partial charge in [-0.3, -0.25) is 4.90 Å². The standard InChI is InChI=1S/C17H32N2O/c1-14(2)13-18-9-5-17(6-10-18)7-11-19(12-8-17)16(20)15(3)4/h13,15-16,20H,5-12H2,1-4H3. The van der Waals surface area contributed by atoms with Crippen LogP contribution in [0.2, 0.25) is 0 Å². The molecular weight excluding hydrogens is 248 g/mol. The quantitative estimate of drug-likeness (QED) is 0.860. The summed E-state index contributed by atoms with van der Waals surface area (Å²) in [6.45, 7) is 13.1. The number of aliphatic hydroxyl groups is 1. The number of allylic oxidation sites excluding steroid dienone is 1. The summed E-state index contributed by atoms with van der Waals surface area (Å²) in [5.41, 5.74) is 1.95. The number of aliphatic hydroxyl groups excluding tert-OH is 1. The van der Waals surface area contributed by atoms with Gasteiger partial charge in [0.05, 0.1) is 0 Å². The number of piperidine rings is 2. The highest BCUT2D eigenvalue weighted by atomic mass is 16.3. The Bertz CT molecular complexity index is 329. The van der Waals surface area contributed by atoms with Gasteiger partial charge in [0.25, 0.3) is 0 Å². The van der Waals surface area contributed by atoms with Crippen molar-refractivity contribution in [3.63, 3.8) is 0 Å². The average Bonchev–Trinajstić information content (AvgIpc) is 2.41. The number of nitrogens with zero attached hydrogens (tertiary/aromatic N) is 2. The second kappa shape index (κ2) is 6.48. The molecule has 1 unspecified atom stereocenters. The van der Waals surface area contributed by atoms with Crippen LogP contribution >= 0.6 is 0 Å². The van der Waals surface area contributed by atoms with Crippen molar-refractivity contribution in [3.05, 3.63) is 11.8 Å². The fourth-order valence-corrected chi connectivity index (χ4v) is 3.68. The van der Waals surface area contributed by atoms with Gasteiger partial charge in [0, 0.05) is 26.2 Å². The molecule has 1 N–H and O–H groups in total. The topological polar surface area (TPSA) is 26.7 Å². The fourth-order valence-electron chi connectivity index (χ4n) is 3.68. The summed E-state index contributed by atoms with van der Waals surface area (Å²) in [5, 5.41) is 10.2. The minimum absolute atomic E-state index is 0.252. The predicted octanol–water partition coefficient (Wildman–Crippen LogP) is 3.06. The third-order valence-corrected chi connectivity index (χ3v) is 5.13. The highest BCUT2D eigenvalue weighted by Crippen LogP contribution is 2.41. The summed E-state index contributed by atoms with van der Waals surface area (Å²) in [7, 11) is 0. The number of likely N-dealkylation sites (tertiary alicyclic amines) is 2. The smallest absolute Gasteiger partial charge is 0.109 e. The Hall–Kier alpha value is -0.540. The van der Waals surface area contributed by atoms with Crippen LogP contribution in [-0.2, 0) is 0 Å². The van der Waals surface area contributed by atoms with E-state index in [9.17, 15) is 5.11 Å². The summed E-state index contributed by atoms with van der Waals surface area (Å²) in [4.78, 5) is 4.76. The van der Waals surface area contributed by atoms with Crippen LogP contribution in [-0.4, -0.2) is 47.3 Å². The van der Waals surface area contributed by atoms with Gasteiger partial charge in [-0.15, -0.1) is 0 Å². The maximum atomic E-state index is 10.2. The van der Waals surface area contributed by atoms with Gasteiger partial charge in [0.15, 0.2) is 0 Å². The molecule has 0 aromatic rings. The summed E-state index contributed by atoms with van der Waals surface area (Å²) in [5.74, 6) is 0.337. The minimum atomic E-state index is -0.252. The summed E-state index contributed by atoms with van der Waals surface area (Å²) in [6.07, 6.45) is 7.23. The first-order valence-corrected chi connectivity index (χ1v) is 8.23. The second-order valence-electron chi connectivity index (χ2n) is 7.44. The summed E-state index contributed by atoms with van der Waals surface area (Å²) < 4.78 is 0. The van der Waals surface area contributed by atoms with E-state index in [-0.39, 0.29) is 6.23 Å². The van der Waals surface area contributed by atoms with Crippen LogP contribution in [0.25, 0.3) is 0 Å². The zero-order chi connectivity index (χ0) is 14.8. The largest absolute Gasteiger partial charge is 0.378 e. The molecule has 0 amide bonds. The lowest BCUT2D eigenvalue weighted by Gasteiger charge is -2.48. The highest BCUT2D eigenvalue weighted by molar-refractivity contribution is 4.98. The molecule has 0 bridgehead atoms. The van der Waals surface area contributed by atoms with Gasteiger partial charge in [0.2, 0.25) is 0 Å². The first kappa shape index (κ1) is 15.8. The van der Waals surface area contributed by atoms with Crippen LogP contribution in [0, 0.1) is 11.3 Å². The predicted molar refractivity (Wildman–Crippen MR) is 84.3 cm³/mol. The third-order valence-electron chi connectivity index (χ3n) is 5.13. The molecule has 2 aliphatic rings. The zero-order valence-electron chi connectivity index (χ0n) is 13.7. The molecular formula is C17H32N2O. The van der Waals surface area contributed by atoms with Crippen molar-refractivity contribution in [1.82, 2.24) is 9.80 Å². The molecule has 0 radical (unpaired) electrons. The molecule has 1 spiro atoms. The van der Waals surface area contributed by atoms with Gasteiger partial charge in [-0.2, -0.15) is 0 Å². The molecule has 0 aliphatic carbocycles. The van der Waals surface area contributed by atoms with Crippen molar-refractivity contribution >= 4 is 0 Å². The fraction of sp³-hybridized carbons (Fsp3) is 0.882. The number of rotatable bonds is 3. The van der Waals surface area contributed by atoms with E-state index >= 15 is 0 Å². The Morgan fingerprint density at radius 1 is 1.00 bits per heavy atom. The van der Waals surface area contributed by atoms with Crippen LogP contribution in [0.4, 0.5) is 0 Å². The Balaban J connectivity index is 1.84. The maximum Gasteiger partial charge on any atom is 0.109 e. The zero-order valence-corrected chi connectivity index (χ0v) is 13.7. The van der Waals surface area contributed by atoms with Gasteiger partial charge in [-0.05, 0) is 57.1 Å². The van der Waals surface area contributed by atoms with E-state index in [1.165, 1.54) is 44.3 Å². The molecule has 0 aromatic carbocycles. The van der Waals surface area contributed by atoms with Crippen molar-refractivity contribution in [3.8, 4) is 0 Å². The first-order chi connectivity index (χ1) is 9.42. The Morgan fingerprint density at radius 3 is 1.95 bits per heavy atom. The van der Waals surface area contributed by atoms with E-state index in [0.29, 0.717) is 11.3 Å². The molecule has 3 heteroatoms.